The summed E-state index contributed by atoms with van der Waals surface area (Å²) in [5.74, 6) is 1.82. The minimum atomic E-state index is -0.631. The third-order valence-corrected chi connectivity index (χ3v) is 33.2. The van der Waals surface area contributed by atoms with E-state index >= 15 is 0 Å². The Morgan fingerprint density at radius 3 is 1.41 bits per heavy atom. The van der Waals surface area contributed by atoms with E-state index < -0.39 is 34.9 Å². The first-order valence-corrected chi connectivity index (χ1v) is 40.1. The van der Waals surface area contributed by atoms with Crippen molar-refractivity contribution in [3.8, 4) is 5.95 Å². The van der Waals surface area contributed by atoms with Crippen LogP contribution in [0.2, 0.25) is 0 Å². The summed E-state index contributed by atoms with van der Waals surface area (Å²) in [7, 11) is 0. The molecule has 8 aliphatic carbocycles. The Labute approximate surface area is 652 Å². The van der Waals surface area contributed by atoms with Gasteiger partial charge in [-0.2, -0.15) is 30.1 Å². The van der Waals surface area contributed by atoms with Crippen LogP contribution in [0.15, 0.2) is 66.0 Å². The van der Waals surface area contributed by atoms with Gasteiger partial charge in [-0.05, 0) is 198 Å². The van der Waals surface area contributed by atoms with Crippen molar-refractivity contribution in [1.82, 2.24) is 59.5 Å². The summed E-state index contributed by atoms with van der Waals surface area (Å²) in [6, 6.07) is -0.206. The van der Waals surface area contributed by atoms with Crippen LogP contribution in [-0.4, -0.2) is 155 Å². The van der Waals surface area contributed by atoms with Crippen molar-refractivity contribution in [2.45, 2.75) is 251 Å². The first kappa shape index (κ1) is 84.2. The molecule has 2 saturated heterocycles. The second kappa shape index (κ2) is 30.3. The van der Waals surface area contributed by atoms with E-state index in [-0.39, 0.29) is 116 Å². The zero-order valence-corrected chi connectivity index (χ0v) is 69.4. The Morgan fingerprint density at radius 1 is 0.613 bits per heavy atom. The van der Waals surface area contributed by atoms with Crippen LogP contribution in [0.5, 0.6) is 0 Å². The molecule has 4 aromatic heterocycles. The molecule has 6 heterocycles. The molecule has 14 rings (SSSR count). The molecule has 2 aliphatic heterocycles. The van der Waals surface area contributed by atoms with E-state index in [1.54, 1.807) is 23.7 Å². The quantitative estimate of drug-likeness (QED) is 0.0223. The zero-order valence-electron chi connectivity index (χ0n) is 68.8. The largest absolute Gasteiger partial charge is 1.00 e. The number of H-pyrrole nitrogens is 1. The Hall–Kier alpha value is -4.26. The van der Waals surface area contributed by atoms with Gasteiger partial charge in [0.05, 0.1) is 75.8 Å². The second-order valence-electron chi connectivity index (χ2n) is 38.5. The molecule has 0 unspecified atom stereocenters. The van der Waals surface area contributed by atoms with Gasteiger partial charge in [0, 0.05) is 32.7 Å². The molecule has 588 valence electrons. The number of aliphatic carboxylic acids is 2. The van der Waals surface area contributed by atoms with E-state index in [1.165, 1.54) is 30.1 Å². The molecule has 10 aliphatic rings. The fourth-order valence-corrected chi connectivity index (χ4v) is 25.1. The molecule has 4 bridgehead atoms. The van der Waals surface area contributed by atoms with E-state index in [1.807, 2.05) is 9.36 Å². The third kappa shape index (κ3) is 13.2. The van der Waals surface area contributed by atoms with Gasteiger partial charge in [-0.25, -0.2) is 24.3 Å². The molecule has 0 spiro atoms. The molecule has 106 heavy (non-hydrogen) atoms. The second-order valence-corrected chi connectivity index (χ2v) is 39.2. The van der Waals surface area contributed by atoms with Crippen molar-refractivity contribution in [2.24, 2.45) is 137 Å². The number of hydrogen-bond acceptors (Lipinski definition) is 18. The van der Waals surface area contributed by atoms with Crippen molar-refractivity contribution in [2.75, 3.05) is 39.6 Å². The number of hydrogen-bond donors (Lipinski definition) is 7. The number of carbonyl (C=O) groups is 2. The number of nitrogens with zero attached hydrogens (tertiary/aromatic N) is 11. The maximum absolute atomic E-state index is 13.5. The zero-order chi connectivity index (χ0) is 77.0. The Bertz CT molecular complexity index is 3750. The van der Waals surface area contributed by atoms with Crippen molar-refractivity contribution in [1.29, 1.82) is 0 Å². The molecule has 0 aromatic carbocycles. The summed E-state index contributed by atoms with van der Waals surface area (Å²) in [6.07, 6.45) is 25.4. The fraction of sp³-hybridized carbons (Fsp3) is 0.825. The van der Waals surface area contributed by atoms with Crippen LogP contribution < -0.4 is 30.3 Å². The van der Waals surface area contributed by atoms with E-state index in [0.29, 0.717) is 91.7 Å². The number of nitrogens with one attached hydrogen (secondary N) is 1. The molecule has 6 saturated carbocycles. The number of rotatable bonds is 17. The predicted molar refractivity (Wildman–Crippen MR) is 405 cm³/mol. The number of carboxylic acids is 2. The molecular weight excluding hydrogens is 1400 g/mol. The smallest absolute Gasteiger partial charge is 1.00 e. The summed E-state index contributed by atoms with van der Waals surface area (Å²) in [4.78, 5) is 43.9. The minimum absolute atomic E-state index is 0. The average molecular weight is 1530 g/mol. The van der Waals surface area contributed by atoms with E-state index in [9.17, 15) is 19.8 Å². The molecule has 0 amide bonds. The maximum Gasteiger partial charge on any atom is 1.00 e. The molecular formula is C80H130BrLiN14O10. The van der Waals surface area contributed by atoms with Crippen molar-refractivity contribution in [3.63, 3.8) is 0 Å². The van der Waals surface area contributed by atoms with Gasteiger partial charge in [-0.1, -0.05) is 148 Å². The minimum Gasteiger partial charge on any atom is -1.00 e. The summed E-state index contributed by atoms with van der Waals surface area (Å²) in [5.41, 5.74) is 13.1. The first-order chi connectivity index (χ1) is 49.2. The SMILES string of the molecule is CC(C)[C@@H](C)[C@@]1(C)CC[C@]2(C)[C@H]3CC[C@@H]4[C@@]5(COC[C@@]4(C)[C@@H](OC[C@](C)(N)C(C)C)[C@H](n4ncnc4-n4cncn4)C5)C3=CC[C@@]2(C)[C@@H]1C(=O)O.CC(C)[C@@H](C)[C@@]1(C)CC[C@]2(C)[C@H]3CC[C@@H]4[C@@]5(COC[C@@]4(C)[C@@H](OC[C@](C)(N)C(C)C)[C@H](n4ncnc4Br)C5)C3=CC[C@@]2(C)[C@@H]1C(=O)O.OO.[H-].[Li+].c1nc[nH]n1. The van der Waals surface area contributed by atoms with Gasteiger partial charge in [-0.15, -0.1) is 0 Å². The Balaban J connectivity index is 0.000000223. The van der Waals surface area contributed by atoms with Crippen LogP contribution in [0.4, 0.5) is 0 Å². The molecule has 24 atom stereocenters. The van der Waals surface area contributed by atoms with Crippen molar-refractivity contribution < 1.29 is 69.6 Å². The van der Waals surface area contributed by atoms with Gasteiger partial charge in [0.1, 0.15) is 38.0 Å². The molecule has 8 fully saturated rings. The van der Waals surface area contributed by atoms with Gasteiger partial charge >= 0.3 is 30.8 Å². The number of carboxylic acid groups (broad SMARTS) is 2. The Kier molecular flexibility index (Phi) is 24.1. The van der Waals surface area contributed by atoms with Gasteiger partial charge in [-0.3, -0.25) is 25.2 Å². The number of fused-ring (bicyclic) bond motifs is 6. The van der Waals surface area contributed by atoms with Crippen LogP contribution in [0, 0.1) is 125 Å². The Morgan fingerprint density at radius 2 is 1.05 bits per heavy atom. The van der Waals surface area contributed by atoms with Crippen LogP contribution in [-0.2, 0) is 28.5 Å². The normalized spacial score (nSPS) is 40.8. The summed E-state index contributed by atoms with van der Waals surface area (Å²) >= 11 is 3.72. The summed E-state index contributed by atoms with van der Waals surface area (Å²) in [5, 5.41) is 54.2. The van der Waals surface area contributed by atoms with Crippen LogP contribution in [0.25, 0.3) is 5.95 Å². The number of ether oxygens (including phenoxy) is 4. The number of halogens is 1. The van der Waals surface area contributed by atoms with Crippen LogP contribution in [0.3, 0.4) is 0 Å². The van der Waals surface area contributed by atoms with Gasteiger partial charge in [0.2, 0.25) is 0 Å². The fourth-order valence-electron chi connectivity index (χ4n) is 24.7. The molecule has 26 heteroatoms. The van der Waals surface area contributed by atoms with E-state index in [0.717, 1.165) is 77.0 Å². The van der Waals surface area contributed by atoms with Crippen molar-refractivity contribution in [3.05, 3.63) is 66.0 Å². The topological polar surface area (TPSA) is 338 Å². The van der Waals surface area contributed by atoms with Crippen LogP contribution >= 0.6 is 15.9 Å². The molecule has 0 radical (unpaired) electrons. The molecule has 4 aromatic rings. The van der Waals surface area contributed by atoms with Gasteiger partial charge in [0.15, 0.2) is 4.73 Å². The average Bonchev–Trinajstić information content (AvgIpc) is 1.38. The monoisotopic (exact) mass is 1530 g/mol. The maximum atomic E-state index is 13.5. The predicted octanol–water partition coefficient (Wildman–Crippen LogP) is 11.6. The third-order valence-electron chi connectivity index (χ3n) is 32.6. The molecule has 9 N–H and O–H groups in total. The number of allylic oxidation sites excluding steroid dienone is 2. The summed E-state index contributed by atoms with van der Waals surface area (Å²) < 4.78 is 34.0. The first-order valence-electron chi connectivity index (χ1n) is 39.3. The summed E-state index contributed by atoms with van der Waals surface area (Å²) in [6.45, 7) is 48.6. The van der Waals surface area contributed by atoms with E-state index in [4.69, 9.17) is 51.1 Å². The number of aromatic amines is 1. The van der Waals surface area contributed by atoms with Crippen LogP contribution in [0.1, 0.15) is 229 Å². The van der Waals surface area contributed by atoms with Crippen molar-refractivity contribution >= 4 is 27.9 Å². The number of aromatic nitrogens is 12. The number of nitrogens with two attached hydrogens (primary N) is 2. The van der Waals surface area contributed by atoms with Gasteiger partial charge in [0.25, 0.3) is 5.95 Å². The van der Waals surface area contributed by atoms with E-state index in [2.05, 4.69) is 202 Å². The molecule has 24 nitrogen and oxygen atoms in total. The standard InChI is InChI=1S/C40H63N7O4.C38H61BrN4O4.C2H3N3.Li.H2O2.H/c1-24(2)26(5)35(6)15-16-37(8)27-11-12-30-36(7)18-50-20-40(30,28(27)13-14-38(37,9)31(35)33(48)49)17-29(32(36)51-19-39(10,41)25(3)4)47-34(43-22-45-47)46-23-42-21-44-46;1-22(2)24(5)33(6)15-16-35(8)25-11-12-28-34(7)18-46-20-38(28,26(25)13-14-36(35,9)29(33)31(44)45)17-27(43-32(39)41-21-42-43)30(34)47-19-37(10,40)23(3)4;1-3-2-5-4-1;;1-2;/h13,21-27,29-32H,11-12,14-20,41H2,1-10H3,(H,48,49);13,21-25,27-30H,11-12,14-20,40H2,1-10H3,(H,44,45);1-2H,(H,3,4,5);;1-2H;/q;;;+1;;-1/t26-,27+,29-,30+,31-,32+,35-,36-,37-,38+,39+,40+;24-,25+,27-,28+,29-,30+,33-,34-,35-,36+,37+,38+;;;;/m11..../s1. The van der Waals surface area contributed by atoms with Gasteiger partial charge < -0.3 is 42.1 Å².